The van der Waals surface area contributed by atoms with Crippen molar-refractivity contribution in [3.63, 3.8) is 0 Å². The highest BCUT2D eigenvalue weighted by atomic mass is 16.2. The third kappa shape index (κ3) is 4.92. The van der Waals surface area contributed by atoms with Crippen LogP contribution in [0.2, 0.25) is 0 Å². The van der Waals surface area contributed by atoms with Gasteiger partial charge in [-0.05, 0) is 5.41 Å². The van der Waals surface area contributed by atoms with Gasteiger partial charge in [-0.15, -0.1) is 0 Å². The Hall–Kier alpha value is -1.23. The number of nitrogens with zero attached hydrogens (tertiary/aromatic N) is 1. The molecule has 0 aromatic carbocycles. The van der Waals surface area contributed by atoms with Gasteiger partial charge in [0.2, 0.25) is 11.8 Å². The summed E-state index contributed by atoms with van der Waals surface area (Å²) in [7, 11) is 0. The van der Waals surface area contributed by atoms with Crippen LogP contribution in [0.15, 0.2) is 0 Å². The van der Waals surface area contributed by atoms with Crippen LogP contribution >= 0.6 is 0 Å². The first-order chi connectivity index (χ1) is 9.64. The van der Waals surface area contributed by atoms with Gasteiger partial charge in [-0.2, -0.15) is 0 Å². The first kappa shape index (κ1) is 17.8. The van der Waals surface area contributed by atoms with Crippen molar-refractivity contribution in [3.8, 4) is 0 Å². The molecule has 1 rings (SSSR count). The van der Waals surface area contributed by atoms with Gasteiger partial charge >= 0.3 is 0 Å². The summed E-state index contributed by atoms with van der Waals surface area (Å²) in [6.07, 6.45) is 0.804. The Bertz CT molecular complexity index is 410. The molecule has 2 amide bonds. The van der Waals surface area contributed by atoms with E-state index in [4.69, 9.17) is 0 Å². The van der Waals surface area contributed by atoms with Crippen molar-refractivity contribution in [2.75, 3.05) is 19.6 Å². The second-order valence-corrected chi connectivity index (χ2v) is 7.13. The maximum absolute atomic E-state index is 12.2. The number of rotatable bonds is 7. The van der Waals surface area contributed by atoms with Crippen molar-refractivity contribution in [3.05, 3.63) is 0 Å². The standard InChI is InChI=1S/C16H28N2O3/c1-11(2)13(19)6-7-17-8-9-18-14(20)10-12(15(18)21)16(3,4)5/h11-12,17H,6-10H2,1-5H3. The highest BCUT2D eigenvalue weighted by molar-refractivity contribution is 6.03. The molecule has 0 aliphatic carbocycles. The lowest BCUT2D eigenvalue weighted by atomic mass is 9.80. The van der Waals surface area contributed by atoms with Crippen LogP contribution in [0.5, 0.6) is 0 Å². The normalized spacial score (nSPS) is 19.7. The summed E-state index contributed by atoms with van der Waals surface area (Å²) in [6, 6.07) is 0. The zero-order valence-electron chi connectivity index (χ0n) is 13.9. The number of carbonyl (C=O) groups excluding carboxylic acids is 3. The fourth-order valence-corrected chi connectivity index (χ4v) is 2.41. The molecule has 1 atom stereocenters. The summed E-state index contributed by atoms with van der Waals surface area (Å²) >= 11 is 0. The Morgan fingerprint density at radius 2 is 1.90 bits per heavy atom. The van der Waals surface area contributed by atoms with E-state index in [1.807, 2.05) is 34.6 Å². The van der Waals surface area contributed by atoms with Crippen molar-refractivity contribution >= 4 is 17.6 Å². The van der Waals surface area contributed by atoms with Crippen LogP contribution in [0.4, 0.5) is 0 Å². The summed E-state index contributed by atoms with van der Waals surface area (Å²) in [6.45, 7) is 11.3. The van der Waals surface area contributed by atoms with E-state index in [0.29, 0.717) is 32.5 Å². The minimum atomic E-state index is -0.215. The number of amides is 2. The van der Waals surface area contributed by atoms with Crippen LogP contribution in [-0.4, -0.2) is 42.1 Å². The van der Waals surface area contributed by atoms with Gasteiger partial charge in [0.25, 0.3) is 0 Å². The van der Waals surface area contributed by atoms with E-state index in [1.165, 1.54) is 4.90 Å². The zero-order chi connectivity index (χ0) is 16.2. The summed E-state index contributed by atoms with van der Waals surface area (Å²) in [4.78, 5) is 37.0. The predicted molar refractivity (Wildman–Crippen MR) is 81.6 cm³/mol. The van der Waals surface area contributed by atoms with E-state index < -0.39 is 0 Å². The van der Waals surface area contributed by atoms with Crippen LogP contribution in [0.3, 0.4) is 0 Å². The van der Waals surface area contributed by atoms with Gasteiger partial charge < -0.3 is 5.32 Å². The molecule has 1 saturated heterocycles. The van der Waals surface area contributed by atoms with Crippen molar-refractivity contribution in [2.24, 2.45) is 17.3 Å². The molecule has 1 fully saturated rings. The lowest BCUT2D eigenvalue weighted by Crippen LogP contribution is -2.38. The lowest BCUT2D eigenvalue weighted by Gasteiger charge is -2.24. The molecule has 21 heavy (non-hydrogen) atoms. The first-order valence-electron chi connectivity index (χ1n) is 7.72. The van der Waals surface area contributed by atoms with E-state index in [-0.39, 0.29) is 34.8 Å². The average Bonchev–Trinajstić information content (AvgIpc) is 2.65. The van der Waals surface area contributed by atoms with Crippen molar-refractivity contribution in [1.29, 1.82) is 0 Å². The van der Waals surface area contributed by atoms with Gasteiger partial charge in [0.15, 0.2) is 0 Å². The molecule has 1 aliphatic rings. The summed E-state index contributed by atoms with van der Waals surface area (Å²) in [5, 5.41) is 3.13. The Labute approximate surface area is 127 Å². The van der Waals surface area contributed by atoms with Gasteiger partial charge in [-0.25, -0.2) is 0 Å². The minimum Gasteiger partial charge on any atom is -0.315 e. The maximum Gasteiger partial charge on any atom is 0.233 e. The topological polar surface area (TPSA) is 66.5 Å². The van der Waals surface area contributed by atoms with E-state index in [9.17, 15) is 14.4 Å². The molecular formula is C16H28N2O3. The molecule has 5 nitrogen and oxygen atoms in total. The number of carbonyl (C=O) groups is 3. The van der Waals surface area contributed by atoms with Crippen LogP contribution < -0.4 is 5.32 Å². The van der Waals surface area contributed by atoms with E-state index >= 15 is 0 Å². The van der Waals surface area contributed by atoms with Crippen molar-refractivity contribution < 1.29 is 14.4 Å². The van der Waals surface area contributed by atoms with Gasteiger partial charge in [-0.1, -0.05) is 34.6 Å². The Balaban J connectivity index is 2.34. The van der Waals surface area contributed by atoms with Crippen LogP contribution in [-0.2, 0) is 14.4 Å². The zero-order valence-corrected chi connectivity index (χ0v) is 13.9. The molecule has 0 radical (unpaired) electrons. The van der Waals surface area contributed by atoms with Gasteiger partial charge in [0.05, 0.1) is 5.92 Å². The number of likely N-dealkylation sites (tertiary alicyclic amines) is 1. The maximum atomic E-state index is 12.2. The number of nitrogens with one attached hydrogen (secondary N) is 1. The van der Waals surface area contributed by atoms with Crippen molar-refractivity contribution in [1.82, 2.24) is 10.2 Å². The molecule has 1 unspecified atom stereocenters. The van der Waals surface area contributed by atoms with Crippen LogP contribution in [0, 0.1) is 17.3 Å². The minimum absolute atomic E-state index is 0.0566. The number of Topliss-reactive ketones (excluding diaryl/α,β-unsaturated/α-hetero) is 1. The number of imide groups is 1. The second-order valence-electron chi connectivity index (χ2n) is 7.13. The molecule has 1 aliphatic heterocycles. The van der Waals surface area contributed by atoms with E-state index in [0.717, 1.165) is 0 Å². The van der Waals surface area contributed by atoms with E-state index in [1.54, 1.807) is 0 Å². The molecular weight excluding hydrogens is 268 g/mol. The Morgan fingerprint density at radius 1 is 1.29 bits per heavy atom. The number of ketones is 1. The highest BCUT2D eigenvalue weighted by Crippen LogP contribution is 2.35. The van der Waals surface area contributed by atoms with Crippen molar-refractivity contribution in [2.45, 2.75) is 47.5 Å². The SMILES string of the molecule is CC(C)C(=O)CCNCCN1C(=O)CC(C(C)(C)C)C1=O. The number of hydrogen-bond acceptors (Lipinski definition) is 4. The smallest absolute Gasteiger partial charge is 0.233 e. The predicted octanol–water partition coefficient (Wildman–Crippen LogP) is 1.61. The molecule has 0 saturated carbocycles. The second kappa shape index (κ2) is 7.16. The Morgan fingerprint density at radius 3 is 2.38 bits per heavy atom. The average molecular weight is 296 g/mol. The first-order valence-corrected chi connectivity index (χ1v) is 7.72. The largest absolute Gasteiger partial charge is 0.315 e. The van der Waals surface area contributed by atoms with E-state index in [2.05, 4.69) is 5.32 Å². The monoisotopic (exact) mass is 296 g/mol. The molecule has 120 valence electrons. The van der Waals surface area contributed by atoms with Gasteiger partial charge in [0.1, 0.15) is 5.78 Å². The molecule has 0 aromatic heterocycles. The molecule has 0 bridgehead atoms. The summed E-state index contributed by atoms with van der Waals surface area (Å²) in [5.41, 5.74) is -0.182. The van der Waals surface area contributed by atoms with Crippen LogP contribution in [0.25, 0.3) is 0 Å². The molecule has 0 spiro atoms. The summed E-state index contributed by atoms with van der Waals surface area (Å²) in [5.74, 6) is -0.0789. The summed E-state index contributed by atoms with van der Waals surface area (Å²) < 4.78 is 0. The highest BCUT2D eigenvalue weighted by Gasteiger charge is 2.44. The molecule has 0 aromatic rings. The molecule has 1 heterocycles. The molecule has 1 N–H and O–H groups in total. The quantitative estimate of drug-likeness (QED) is 0.572. The van der Waals surface area contributed by atoms with Gasteiger partial charge in [-0.3, -0.25) is 19.3 Å². The Kier molecular flexibility index (Phi) is 6.08. The lowest BCUT2D eigenvalue weighted by molar-refractivity contribution is -0.140. The number of hydrogen-bond donors (Lipinski definition) is 1. The molecule has 5 heteroatoms. The third-order valence-electron chi connectivity index (χ3n) is 3.99. The fraction of sp³-hybridized carbons (Fsp3) is 0.812. The van der Waals surface area contributed by atoms with Crippen LogP contribution in [0.1, 0.15) is 47.5 Å². The third-order valence-corrected chi connectivity index (χ3v) is 3.99. The van der Waals surface area contributed by atoms with Gasteiger partial charge in [0, 0.05) is 38.4 Å². The fourth-order valence-electron chi connectivity index (χ4n) is 2.41.